The van der Waals surface area contributed by atoms with Crippen LogP contribution in [0.25, 0.3) is 0 Å². The first-order valence-electron chi connectivity index (χ1n) is 26.9. The largest absolute Gasteiger partial charge is 0.330 e. The molecule has 0 heterocycles. The molecule has 0 aliphatic heterocycles. The number of nitrogens with zero attached hydrogens (tertiary/aromatic N) is 2. The van der Waals surface area contributed by atoms with E-state index in [0.29, 0.717) is 0 Å². The van der Waals surface area contributed by atoms with Crippen LogP contribution in [0, 0.1) is 0 Å². The highest BCUT2D eigenvalue weighted by Crippen LogP contribution is 2.00. The zero-order valence-corrected chi connectivity index (χ0v) is 44.2. The maximum absolute atomic E-state index is 5.57. The minimum absolute atomic E-state index is 0.754. The average Bonchev–Trinajstić information content (AvgIpc) is 3.27. The van der Waals surface area contributed by atoms with Gasteiger partial charge in [0.05, 0.1) is 0 Å². The molecule has 0 aliphatic rings. The van der Waals surface area contributed by atoms with E-state index in [9.17, 15) is 0 Å². The highest BCUT2D eigenvalue weighted by atomic mass is 15.1. The van der Waals surface area contributed by atoms with Gasteiger partial charge in [-0.15, -0.1) is 0 Å². The van der Waals surface area contributed by atoms with Gasteiger partial charge in [0.1, 0.15) is 0 Å². The molecule has 0 saturated heterocycles. The topological polar surface area (TPSA) is 159 Å². The molecule has 10 heteroatoms. The number of rotatable bonds is 41. The predicted octanol–water partition coefficient (Wildman–Crippen LogP) is 9.89. The quantitative estimate of drug-likeness (QED) is 0.0278. The van der Waals surface area contributed by atoms with Crippen molar-refractivity contribution in [1.82, 2.24) is 31.1 Å². The van der Waals surface area contributed by atoms with E-state index in [4.69, 9.17) is 22.9 Å². The summed E-state index contributed by atoms with van der Waals surface area (Å²) in [4.78, 5) is 4.90. The van der Waals surface area contributed by atoms with Crippen molar-refractivity contribution >= 4 is 0 Å². The SMILES string of the molecule is CCCCC.CCCCCCNCCCC.CCCCN(CCN)CCCCCN.CCCCNCCCC.CCCCNCCN.CCCCNCCN(CCC)CCN. The third-order valence-electron chi connectivity index (χ3n) is 9.81. The van der Waals surface area contributed by atoms with Crippen LogP contribution in [0.5, 0.6) is 0 Å². The van der Waals surface area contributed by atoms with Crippen LogP contribution in [-0.2, 0) is 0 Å². The number of unbranched alkanes of at least 4 members (excludes halogenated alkanes) is 13. The smallest absolute Gasteiger partial charge is 0.0107 e. The van der Waals surface area contributed by atoms with Crippen molar-refractivity contribution in [3.63, 3.8) is 0 Å². The van der Waals surface area contributed by atoms with Gasteiger partial charge in [0.25, 0.3) is 0 Å². The van der Waals surface area contributed by atoms with Crippen LogP contribution in [-0.4, -0.2) is 128 Å². The van der Waals surface area contributed by atoms with Gasteiger partial charge in [-0.05, 0) is 130 Å². The molecule has 0 fully saturated rings. The normalized spacial score (nSPS) is 10.4. The first kappa shape index (κ1) is 72.2. The number of nitrogens with two attached hydrogens (primary N) is 4. The fourth-order valence-corrected chi connectivity index (χ4v) is 5.77. The fraction of sp³-hybridized carbons (Fsp3) is 1.00. The number of hydrogen-bond donors (Lipinski definition) is 8. The summed E-state index contributed by atoms with van der Waals surface area (Å²) in [7, 11) is 0. The molecule has 10 nitrogen and oxygen atoms in total. The summed E-state index contributed by atoms with van der Waals surface area (Å²) in [6, 6.07) is 0. The minimum atomic E-state index is 0.754. The van der Waals surface area contributed by atoms with E-state index < -0.39 is 0 Å². The Morgan fingerprint density at radius 2 is 0.590 bits per heavy atom. The summed E-state index contributed by atoms with van der Waals surface area (Å²) in [5, 5.41) is 13.5. The zero-order chi connectivity index (χ0) is 47.0. The van der Waals surface area contributed by atoms with Gasteiger partial charge in [-0.1, -0.05) is 153 Å². The molecule has 0 atom stereocenters. The Kier molecular flexibility index (Phi) is 94.6. The molecule has 0 rings (SSSR count). The van der Waals surface area contributed by atoms with Gasteiger partial charge in [-0.25, -0.2) is 0 Å². The monoisotopic (exact) mass is 877 g/mol. The predicted molar refractivity (Wildman–Crippen MR) is 284 cm³/mol. The van der Waals surface area contributed by atoms with Crippen molar-refractivity contribution < 1.29 is 0 Å². The molecule has 0 spiro atoms. The molecule has 0 saturated carbocycles. The van der Waals surface area contributed by atoms with Crippen molar-refractivity contribution in [2.24, 2.45) is 22.9 Å². The molecule has 12 N–H and O–H groups in total. The molecule has 0 aromatic rings. The van der Waals surface area contributed by atoms with Gasteiger partial charge in [0, 0.05) is 52.4 Å². The molecule has 378 valence electrons. The Hall–Kier alpha value is -0.400. The average molecular weight is 878 g/mol. The van der Waals surface area contributed by atoms with Gasteiger partial charge < -0.3 is 54.0 Å². The highest BCUT2D eigenvalue weighted by molar-refractivity contribution is 4.60. The van der Waals surface area contributed by atoms with Crippen LogP contribution < -0.4 is 44.2 Å². The van der Waals surface area contributed by atoms with Crippen LogP contribution in [0.3, 0.4) is 0 Å². The van der Waals surface area contributed by atoms with Crippen molar-refractivity contribution in [3.05, 3.63) is 0 Å². The summed E-state index contributed by atoms with van der Waals surface area (Å²) in [5.74, 6) is 0. The lowest BCUT2D eigenvalue weighted by molar-refractivity contribution is 0.270. The van der Waals surface area contributed by atoms with Crippen molar-refractivity contribution in [2.45, 2.75) is 217 Å². The van der Waals surface area contributed by atoms with E-state index in [2.05, 4.69) is 100 Å². The van der Waals surface area contributed by atoms with E-state index >= 15 is 0 Å². The molecule has 0 aliphatic carbocycles. The van der Waals surface area contributed by atoms with E-state index in [-0.39, 0.29) is 0 Å². The van der Waals surface area contributed by atoms with Crippen LogP contribution in [0.15, 0.2) is 0 Å². The first-order chi connectivity index (χ1) is 29.8. The van der Waals surface area contributed by atoms with E-state index in [0.717, 1.165) is 78.4 Å². The van der Waals surface area contributed by atoms with Crippen LogP contribution in [0.1, 0.15) is 217 Å². The van der Waals surface area contributed by atoms with Gasteiger partial charge in [-0.2, -0.15) is 0 Å². The molecule has 0 unspecified atom stereocenters. The molecular weight excluding hydrogens is 753 g/mol. The second-order valence-electron chi connectivity index (χ2n) is 16.4. The summed E-state index contributed by atoms with van der Waals surface area (Å²) in [5.41, 5.74) is 21.8. The van der Waals surface area contributed by atoms with Crippen LogP contribution in [0.2, 0.25) is 0 Å². The molecular formula is C51H124N10. The molecule has 0 aromatic carbocycles. The Morgan fingerprint density at radius 3 is 0.951 bits per heavy atom. The van der Waals surface area contributed by atoms with Crippen LogP contribution >= 0.6 is 0 Å². The lowest BCUT2D eigenvalue weighted by Crippen LogP contribution is -2.36. The second-order valence-corrected chi connectivity index (χ2v) is 16.4. The molecule has 61 heavy (non-hydrogen) atoms. The summed E-state index contributed by atoms with van der Waals surface area (Å²) in [6.07, 6.45) is 30.0. The van der Waals surface area contributed by atoms with E-state index in [1.807, 2.05) is 0 Å². The van der Waals surface area contributed by atoms with Crippen LogP contribution in [0.4, 0.5) is 0 Å². The second kappa shape index (κ2) is 79.9. The Bertz CT molecular complexity index is 590. The first-order valence-corrected chi connectivity index (χ1v) is 26.9. The third-order valence-corrected chi connectivity index (χ3v) is 9.81. The zero-order valence-electron chi connectivity index (χ0n) is 44.2. The number of nitrogens with one attached hydrogen (secondary N) is 4. The lowest BCUT2D eigenvalue weighted by Gasteiger charge is -2.20. The number of hydrogen-bond acceptors (Lipinski definition) is 10. The summed E-state index contributed by atoms with van der Waals surface area (Å²) in [6.45, 7) is 41.3. The third kappa shape index (κ3) is 91.1. The lowest BCUT2D eigenvalue weighted by atomic mass is 10.2. The van der Waals surface area contributed by atoms with Crippen molar-refractivity contribution in [3.8, 4) is 0 Å². The maximum atomic E-state index is 5.57. The standard InChI is InChI=1S/2C11H27N3.C10H23N.C8H19N.C6H16N2.C5H12/c1-3-5-7-13-8-11-14(9-4-2)10-6-12;1-2-3-9-14(11-8-13)10-6-4-5-7-12;1-3-5-7-8-10-11-9-6-4-2;1-3-5-7-9-8-6-4-2;1-2-3-5-8-6-4-7;1-3-5-4-2/h13H,3-12H2,1-2H3;2-13H2,1H3;11H,3-10H2,1-2H3;9H,3-8H2,1-2H3;8H,2-7H2,1H3;3-5H2,1-2H3. The van der Waals surface area contributed by atoms with E-state index in [1.165, 1.54) is 187 Å². The highest BCUT2D eigenvalue weighted by Gasteiger charge is 2.02. The fourth-order valence-electron chi connectivity index (χ4n) is 5.77. The Balaban J connectivity index is -0.000000153. The molecule has 0 radical (unpaired) electrons. The Labute approximate surface area is 387 Å². The maximum Gasteiger partial charge on any atom is 0.0107 e. The van der Waals surface area contributed by atoms with Gasteiger partial charge >= 0.3 is 0 Å². The summed E-state index contributed by atoms with van der Waals surface area (Å²) < 4.78 is 0. The summed E-state index contributed by atoms with van der Waals surface area (Å²) >= 11 is 0. The van der Waals surface area contributed by atoms with Gasteiger partial charge in [0.15, 0.2) is 0 Å². The van der Waals surface area contributed by atoms with Crippen molar-refractivity contribution in [1.29, 1.82) is 0 Å². The minimum Gasteiger partial charge on any atom is -0.330 e. The Morgan fingerprint density at radius 1 is 0.230 bits per heavy atom. The molecule has 0 amide bonds. The van der Waals surface area contributed by atoms with Gasteiger partial charge in [-0.3, -0.25) is 0 Å². The molecule has 0 bridgehead atoms. The van der Waals surface area contributed by atoms with Gasteiger partial charge in [0.2, 0.25) is 0 Å². The van der Waals surface area contributed by atoms with E-state index in [1.54, 1.807) is 0 Å². The molecule has 0 aromatic heterocycles. The van der Waals surface area contributed by atoms with Crippen molar-refractivity contribution in [2.75, 3.05) is 118 Å².